The second kappa shape index (κ2) is 11.6. The number of halogens is 5. The molecule has 6 heteroatoms. The monoisotopic (exact) mass is 534 g/mol. The zero-order valence-electron chi connectivity index (χ0n) is 22.2. The molecular formula is C32H39F5O. The molecule has 0 unspecified atom stereocenters. The summed E-state index contributed by atoms with van der Waals surface area (Å²) in [5, 5.41) is 0. The van der Waals surface area contributed by atoms with Crippen molar-refractivity contribution in [2.24, 2.45) is 23.7 Å². The lowest BCUT2D eigenvalue weighted by Crippen LogP contribution is -2.38. The summed E-state index contributed by atoms with van der Waals surface area (Å²) in [5.74, 6) is -1.28. The highest BCUT2D eigenvalue weighted by Gasteiger charge is 2.45. The first-order valence-electron chi connectivity index (χ1n) is 14.5. The molecule has 2 aromatic rings. The highest BCUT2D eigenvalue weighted by molar-refractivity contribution is 5.30. The zero-order valence-corrected chi connectivity index (χ0v) is 22.2. The Labute approximate surface area is 223 Å². The van der Waals surface area contributed by atoms with E-state index in [1.807, 2.05) is 6.07 Å². The molecule has 5 rings (SSSR count). The Hall–Kier alpha value is -2.11. The fourth-order valence-corrected chi connectivity index (χ4v) is 7.33. The predicted molar refractivity (Wildman–Crippen MR) is 139 cm³/mol. The minimum Gasteiger partial charge on any atom is -0.432 e. The molecule has 2 aromatic carbocycles. The summed E-state index contributed by atoms with van der Waals surface area (Å²) in [5.41, 5.74) is 1.99. The fourth-order valence-electron chi connectivity index (χ4n) is 7.33. The molecule has 0 bridgehead atoms. The summed E-state index contributed by atoms with van der Waals surface area (Å²) in [7, 11) is 0. The highest BCUT2D eigenvalue weighted by Crippen LogP contribution is 2.47. The minimum absolute atomic E-state index is 0.0617. The van der Waals surface area contributed by atoms with Gasteiger partial charge < -0.3 is 4.74 Å². The molecule has 0 N–H and O–H groups in total. The normalized spacial score (nSPS) is 30.7. The molecule has 3 aliphatic rings. The number of hydrogen-bond donors (Lipinski definition) is 0. The van der Waals surface area contributed by atoms with Gasteiger partial charge in [-0.05, 0) is 123 Å². The van der Waals surface area contributed by atoms with Crippen molar-refractivity contribution in [1.82, 2.24) is 0 Å². The summed E-state index contributed by atoms with van der Waals surface area (Å²) in [6.45, 7) is 2.30. The van der Waals surface area contributed by atoms with Crippen molar-refractivity contribution < 1.29 is 26.7 Å². The fraction of sp³-hybridized carbons (Fsp3) is 0.625. The molecule has 0 spiro atoms. The first-order valence-corrected chi connectivity index (χ1v) is 14.5. The Morgan fingerprint density at radius 2 is 1.24 bits per heavy atom. The smallest absolute Gasteiger partial charge is 0.400 e. The van der Waals surface area contributed by atoms with Gasteiger partial charge in [-0.25, -0.2) is 13.2 Å². The molecule has 0 amide bonds. The number of benzene rings is 2. The predicted octanol–water partition coefficient (Wildman–Crippen LogP) is 10.1. The largest absolute Gasteiger partial charge is 0.432 e. The van der Waals surface area contributed by atoms with Crippen molar-refractivity contribution in [2.75, 3.05) is 0 Å². The van der Waals surface area contributed by atoms with E-state index in [1.165, 1.54) is 12.8 Å². The Morgan fingerprint density at radius 1 is 0.632 bits per heavy atom. The molecule has 0 saturated heterocycles. The maximum Gasteiger partial charge on any atom is 0.400 e. The van der Waals surface area contributed by atoms with E-state index in [0.29, 0.717) is 49.5 Å². The second-order valence-electron chi connectivity index (χ2n) is 12.2. The van der Waals surface area contributed by atoms with Gasteiger partial charge in [0.1, 0.15) is 11.6 Å². The van der Waals surface area contributed by atoms with Gasteiger partial charge in [-0.1, -0.05) is 31.9 Å². The molecule has 0 atom stereocenters. The summed E-state index contributed by atoms with van der Waals surface area (Å²) in [6.07, 6.45) is 7.31. The van der Waals surface area contributed by atoms with Gasteiger partial charge in [0.15, 0.2) is 11.6 Å². The third-order valence-corrected chi connectivity index (χ3v) is 9.78. The van der Waals surface area contributed by atoms with Gasteiger partial charge in [0, 0.05) is 6.07 Å². The number of alkyl halides is 2. The lowest BCUT2D eigenvalue weighted by Gasteiger charge is -2.39. The third kappa shape index (κ3) is 6.20. The van der Waals surface area contributed by atoms with Crippen molar-refractivity contribution in [3.63, 3.8) is 0 Å². The zero-order chi connectivity index (χ0) is 26.9. The number of ether oxygens (including phenoxy) is 1. The SMILES string of the molecule is CC1CCC(c2ccc(C3CCC(C4CCC(C(F)(F)Oc5ccc(F)c(F)c5)CC4)CC3)c(F)c2)CC1. The van der Waals surface area contributed by atoms with Crippen LogP contribution in [0.3, 0.4) is 0 Å². The first kappa shape index (κ1) is 27.5. The van der Waals surface area contributed by atoms with Crippen LogP contribution in [0.2, 0.25) is 0 Å². The molecule has 3 fully saturated rings. The standard InChI is InChI=1S/C32H39F5O/c1-20-2-4-23(5-3-20)25-12-16-28(30(34)18-25)24-8-6-21(7-9-24)22-10-13-26(14-11-22)32(36,37)38-27-15-17-29(33)31(35)19-27/h12,15-24,26H,2-11,13-14H2,1H3. The van der Waals surface area contributed by atoms with Crippen molar-refractivity contribution in [3.05, 3.63) is 65.0 Å². The summed E-state index contributed by atoms with van der Waals surface area (Å²) >= 11 is 0. The van der Waals surface area contributed by atoms with Gasteiger partial charge in [0.25, 0.3) is 0 Å². The van der Waals surface area contributed by atoms with Crippen LogP contribution in [-0.2, 0) is 0 Å². The Kier molecular flexibility index (Phi) is 8.35. The Bertz CT molecular complexity index is 1080. The lowest BCUT2D eigenvalue weighted by molar-refractivity contribution is -0.224. The molecule has 0 heterocycles. The van der Waals surface area contributed by atoms with Crippen LogP contribution >= 0.6 is 0 Å². The Balaban J connectivity index is 1.11. The maximum absolute atomic E-state index is 15.1. The van der Waals surface area contributed by atoms with E-state index in [0.717, 1.165) is 67.7 Å². The number of rotatable bonds is 6. The van der Waals surface area contributed by atoms with Crippen LogP contribution in [0.5, 0.6) is 5.75 Å². The van der Waals surface area contributed by atoms with Crippen LogP contribution in [-0.4, -0.2) is 6.11 Å². The van der Waals surface area contributed by atoms with Gasteiger partial charge in [-0.2, -0.15) is 8.78 Å². The Morgan fingerprint density at radius 3 is 1.84 bits per heavy atom. The summed E-state index contributed by atoms with van der Waals surface area (Å²) in [6, 6.07) is 8.45. The van der Waals surface area contributed by atoms with E-state index in [1.54, 1.807) is 6.07 Å². The van der Waals surface area contributed by atoms with Crippen molar-refractivity contribution in [1.29, 1.82) is 0 Å². The molecule has 0 aliphatic heterocycles. The van der Waals surface area contributed by atoms with Crippen LogP contribution in [0.25, 0.3) is 0 Å². The summed E-state index contributed by atoms with van der Waals surface area (Å²) < 4.78 is 76.0. The molecule has 3 aliphatic carbocycles. The van der Waals surface area contributed by atoms with E-state index >= 15 is 4.39 Å². The van der Waals surface area contributed by atoms with E-state index in [-0.39, 0.29) is 17.5 Å². The van der Waals surface area contributed by atoms with E-state index < -0.39 is 23.7 Å². The van der Waals surface area contributed by atoms with Gasteiger partial charge >= 0.3 is 6.11 Å². The number of hydrogen-bond acceptors (Lipinski definition) is 1. The van der Waals surface area contributed by atoms with Crippen LogP contribution in [0.1, 0.15) is 107 Å². The van der Waals surface area contributed by atoms with Gasteiger partial charge in [0.2, 0.25) is 0 Å². The quantitative estimate of drug-likeness (QED) is 0.335. The van der Waals surface area contributed by atoms with E-state index in [2.05, 4.69) is 13.0 Å². The molecule has 3 saturated carbocycles. The van der Waals surface area contributed by atoms with Crippen molar-refractivity contribution in [2.45, 2.75) is 102 Å². The topological polar surface area (TPSA) is 9.23 Å². The average Bonchev–Trinajstić information content (AvgIpc) is 2.91. The van der Waals surface area contributed by atoms with Crippen LogP contribution < -0.4 is 4.74 Å². The van der Waals surface area contributed by atoms with Crippen molar-refractivity contribution >= 4 is 0 Å². The van der Waals surface area contributed by atoms with Crippen LogP contribution in [0, 0.1) is 41.1 Å². The van der Waals surface area contributed by atoms with Gasteiger partial charge in [0.05, 0.1) is 5.92 Å². The van der Waals surface area contributed by atoms with Gasteiger partial charge in [-0.3, -0.25) is 0 Å². The van der Waals surface area contributed by atoms with Crippen LogP contribution in [0.15, 0.2) is 36.4 Å². The second-order valence-corrected chi connectivity index (χ2v) is 12.2. The third-order valence-electron chi connectivity index (χ3n) is 9.78. The highest BCUT2D eigenvalue weighted by atomic mass is 19.3. The van der Waals surface area contributed by atoms with Crippen molar-refractivity contribution in [3.8, 4) is 5.75 Å². The molecule has 38 heavy (non-hydrogen) atoms. The maximum atomic E-state index is 15.1. The van der Waals surface area contributed by atoms with E-state index in [9.17, 15) is 17.6 Å². The summed E-state index contributed by atoms with van der Waals surface area (Å²) in [4.78, 5) is 0. The molecule has 0 radical (unpaired) electrons. The molecule has 1 nitrogen and oxygen atoms in total. The molecule has 208 valence electrons. The van der Waals surface area contributed by atoms with E-state index in [4.69, 9.17) is 4.74 Å². The minimum atomic E-state index is -3.42. The lowest BCUT2D eigenvalue weighted by atomic mass is 9.68. The average molecular weight is 535 g/mol. The van der Waals surface area contributed by atoms with Crippen LogP contribution in [0.4, 0.5) is 22.0 Å². The van der Waals surface area contributed by atoms with Gasteiger partial charge in [-0.15, -0.1) is 0 Å². The molecular weight excluding hydrogens is 495 g/mol. The molecule has 0 aromatic heterocycles. The first-order chi connectivity index (χ1) is 18.2.